The van der Waals surface area contributed by atoms with E-state index in [9.17, 15) is 0 Å². The van der Waals surface area contributed by atoms with E-state index in [0.29, 0.717) is 4.83 Å². The number of benzene rings is 1. The standard InChI is InChI=1S/C19H25BrO/c1-2-21-17-5-3-14(4-6-17)19(20)18-15-8-12-7-13(10-15)11-16(18)9-12/h3-6,12-13,15-16,18-19H,2,7-11H2,1H3. The van der Waals surface area contributed by atoms with E-state index < -0.39 is 0 Å². The van der Waals surface area contributed by atoms with Crippen LogP contribution >= 0.6 is 15.9 Å². The number of alkyl halides is 1. The molecular formula is C19H25BrO. The Hall–Kier alpha value is -0.500. The fourth-order valence-corrected chi connectivity index (χ4v) is 6.75. The summed E-state index contributed by atoms with van der Waals surface area (Å²) in [6.07, 6.45) is 7.52. The van der Waals surface area contributed by atoms with Crippen LogP contribution in [0.1, 0.15) is 49.4 Å². The van der Waals surface area contributed by atoms with E-state index in [0.717, 1.165) is 41.9 Å². The fourth-order valence-electron chi connectivity index (χ4n) is 5.58. The molecule has 0 radical (unpaired) electrons. The van der Waals surface area contributed by atoms with Crippen LogP contribution in [0.3, 0.4) is 0 Å². The molecule has 1 atom stereocenters. The molecule has 0 N–H and O–H groups in total. The summed E-state index contributed by atoms with van der Waals surface area (Å²) in [6.45, 7) is 2.78. The van der Waals surface area contributed by atoms with Gasteiger partial charge in [0.25, 0.3) is 0 Å². The average Bonchev–Trinajstić information content (AvgIpc) is 2.47. The number of ether oxygens (including phenoxy) is 1. The Balaban J connectivity index is 1.53. The molecule has 1 nitrogen and oxygen atoms in total. The lowest BCUT2D eigenvalue weighted by Crippen LogP contribution is -2.46. The van der Waals surface area contributed by atoms with Gasteiger partial charge in [-0.15, -0.1) is 0 Å². The Kier molecular flexibility index (Phi) is 3.77. The molecule has 0 amide bonds. The summed E-state index contributed by atoms with van der Waals surface area (Å²) in [5, 5.41) is 0. The van der Waals surface area contributed by atoms with E-state index in [1.54, 1.807) is 0 Å². The van der Waals surface area contributed by atoms with Crippen LogP contribution in [0, 0.1) is 29.6 Å². The molecule has 114 valence electrons. The van der Waals surface area contributed by atoms with Crippen molar-refractivity contribution in [2.45, 2.75) is 43.9 Å². The summed E-state index contributed by atoms with van der Waals surface area (Å²) in [6, 6.07) is 8.78. The van der Waals surface area contributed by atoms with Gasteiger partial charge in [0.1, 0.15) is 5.75 Å². The summed E-state index contributed by atoms with van der Waals surface area (Å²) in [5.41, 5.74) is 1.44. The molecule has 0 spiro atoms. The minimum absolute atomic E-state index is 0.531. The summed E-state index contributed by atoms with van der Waals surface area (Å²) < 4.78 is 5.57. The molecule has 0 aliphatic heterocycles. The molecule has 1 aromatic rings. The predicted molar refractivity (Wildman–Crippen MR) is 89.8 cm³/mol. The molecule has 21 heavy (non-hydrogen) atoms. The third kappa shape index (κ3) is 2.54. The van der Waals surface area contributed by atoms with Crippen LogP contribution in [0.5, 0.6) is 5.75 Å². The predicted octanol–water partition coefficient (Wildman–Crippen LogP) is 5.59. The highest BCUT2D eigenvalue weighted by atomic mass is 79.9. The van der Waals surface area contributed by atoms with Gasteiger partial charge in [0.05, 0.1) is 6.61 Å². The highest BCUT2D eigenvalue weighted by Crippen LogP contribution is 2.60. The summed E-state index contributed by atoms with van der Waals surface area (Å²) in [7, 11) is 0. The zero-order valence-corrected chi connectivity index (χ0v) is 14.4. The normalized spacial score (nSPS) is 38.5. The maximum Gasteiger partial charge on any atom is 0.119 e. The van der Waals surface area contributed by atoms with Crippen molar-refractivity contribution in [1.29, 1.82) is 0 Å². The molecule has 2 heteroatoms. The fraction of sp³-hybridized carbons (Fsp3) is 0.684. The van der Waals surface area contributed by atoms with Gasteiger partial charge in [0.2, 0.25) is 0 Å². The minimum Gasteiger partial charge on any atom is -0.494 e. The van der Waals surface area contributed by atoms with Crippen LogP contribution in [0.2, 0.25) is 0 Å². The first kappa shape index (κ1) is 14.1. The van der Waals surface area contributed by atoms with E-state index in [4.69, 9.17) is 4.74 Å². The molecular weight excluding hydrogens is 324 g/mol. The SMILES string of the molecule is CCOc1ccc(C(Br)C2C3CC4CC(C3)CC2C4)cc1. The van der Waals surface area contributed by atoms with Crippen LogP contribution in [-0.4, -0.2) is 6.61 Å². The van der Waals surface area contributed by atoms with Crippen LogP contribution in [-0.2, 0) is 0 Å². The van der Waals surface area contributed by atoms with Crippen LogP contribution in [0.15, 0.2) is 24.3 Å². The number of hydrogen-bond donors (Lipinski definition) is 0. The second-order valence-corrected chi connectivity index (χ2v) is 8.40. The van der Waals surface area contributed by atoms with Crippen molar-refractivity contribution in [2.75, 3.05) is 6.61 Å². The molecule has 4 saturated carbocycles. The van der Waals surface area contributed by atoms with Gasteiger partial charge in [-0.1, -0.05) is 28.1 Å². The molecule has 4 aliphatic carbocycles. The Bertz CT molecular complexity index is 467. The number of hydrogen-bond acceptors (Lipinski definition) is 1. The lowest BCUT2D eigenvalue weighted by atomic mass is 9.51. The van der Waals surface area contributed by atoms with Crippen molar-refractivity contribution in [3.8, 4) is 5.75 Å². The highest BCUT2D eigenvalue weighted by molar-refractivity contribution is 9.09. The van der Waals surface area contributed by atoms with Crippen LogP contribution in [0.4, 0.5) is 0 Å². The zero-order chi connectivity index (χ0) is 14.4. The van der Waals surface area contributed by atoms with Crippen molar-refractivity contribution >= 4 is 15.9 Å². The average molecular weight is 349 g/mol. The Morgan fingerprint density at radius 2 is 1.57 bits per heavy atom. The van der Waals surface area contributed by atoms with Crippen molar-refractivity contribution in [3.63, 3.8) is 0 Å². The third-order valence-corrected chi connectivity index (χ3v) is 7.29. The summed E-state index contributed by atoms with van der Waals surface area (Å²) in [4.78, 5) is 0.531. The first-order valence-corrected chi connectivity index (χ1v) is 9.53. The van der Waals surface area contributed by atoms with E-state index in [-0.39, 0.29) is 0 Å². The topological polar surface area (TPSA) is 9.23 Å². The van der Waals surface area contributed by atoms with Gasteiger partial charge >= 0.3 is 0 Å². The lowest BCUT2D eigenvalue weighted by Gasteiger charge is -2.55. The molecule has 4 aliphatic rings. The molecule has 0 aromatic heterocycles. The van der Waals surface area contributed by atoms with E-state index in [1.165, 1.54) is 37.7 Å². The molecule has 1 aromatic carbocycles. The summed E-state index contributed by atoms with van der Waals surface area (Å²) in [5.74, 6) is 5.91. The van der Waals surface area contributed by atoms with Crippen LogP contribution < -0.4 is 4.74 Å². The van der Waals surface area contributed by atoms with Crippen molar-refractivity contribution < 1.29 is 4.74 Å². The Labute approximate surface area is 136 Å². The second-order valence-electron chi connectivity index (χ2n) is 7.41. The van der Waals surface area contributed by atoms with Crippen LogP contribution in [0.25, 0.3) is 0 Å². The van der Waals surface area contributed by atoms with Gasteiger partial charge in [-0.3, -0.25) is 0 Å². The molecule has 0 saturated heterocycles. The first-order chi connectivity index (χ1) is 10.2. The van der Waals surface area contributed by atoms with Gasteiger partial charge in [-0.2, -0.15) is 0 Å². The Morgan fingerprint density at radius 1 is 1.00 bits per heavy atom. The van der Waals surface area contributed by atoms with E-state index >= 15 is 0 Å². The molecule has 0 heterocycles. The zero-order valence-electron chi connectivity index (χ0n) is 12.8. The van der Waals surface area contributed by atoms with Crippen molar-refractivity contribution in [3.05, 3.63) is 29.8 Å². The maximum atomic E-state index is 5.57. The second kappa shape index (κ2) is 5.61. The largest absolute Gasteiger partial charge is 0.494 e. The highest BCUT2D eigenvalue weighted by Gasteiger charge is 2.50. The van der Waals surface area contributed by atoms with Crippen molar-refractivity contribution in [2.24, 2.45) is 29.6 Å². The lowest BCUT2D eigenvalue weighted by molar-refractivity contribution is -0.0364. The van der Waals surface area contributed by atoms with Gasteiger partial charge in [0, 0.05) is 4.83 Å². The smallest absolute Gasteiger partial charge is 0.119 e. The van der Waals surface area contributed by atoms with Crippen molar-refractivity contribution in [1.82, 2.24) is 0 Å². The first-order valence-electron chi connectivity index (χ1n) is 8.61. The number of rotatable bonds is 4. The molecule has 5 rings (SSSR count). The molecule has 4 fully saturated rings. The molecule has 1 unspecified atom stereocenters. The van der Waals surface area contributed by atoms with Gasteiger partial charge in [-0.05, 0) is 86.3 Å². The third-order valence-electron chi connectivity index (χ3n) is 6.15. The van der Waals surface area contributed by atoms with E-state index in [1.807, 2.05) is 6.92 Å². The van der Waals surface area contributed by atoms with E-state index in [2.05, 4.69) is 40.2 Å². The minimum atomic E-state index is 0.531. The quantitative estimate of drug-likeness (QED) is 0.644. The van der Waals surface area contributed by atoms with Gasteiger partial charge in [0.15, 0.2) is 0 Å². The number of halogens is 1. The molecule has 4 bridgehead atoms. The maximum absolute atomic E-state index is 5.57. The monoisotopic (exact) mass is 348 g/mol. The van der Waals surface area contributed by atoms with Gasteiger partial charge in [-0.25, -0.2) is 0 Å². The Morgan fingerprint density at radius 3 is 2.10 bits per heavy atom. The summed E-state index contributed by atoms with van der Waals surface area (Å²) >= 11 is 4.06. The van der Waals surface area contributed by atoms with Gasteiger partial charge < -0.3 is 4.74 Å².